The molecule has 1 aliphatic rings. The maximum atomic E-state index is 12.4. The number of ether oxygens (including phenoxy) is 1. The molecule has 0 bridgehead atoms. The van der Waals surface area contributed by atoms with Crippen LogP contribution in [-0.4, -0.2) is 43.0 Å². The molecule has 1 unspecified atom stereocenters. The summed E-state index contributed by atoms with van der Waals surface area (Å²) in [6.07, 6.45) is 3.00. The highest BCUT2D eigenvalue weighted by atomic mass is 16.5. The maximum Gasteiger partial charge on any atom is 0.242 e. The predicted molar refractivity (Wildman–Crippen MR) is 84.1 cm³/mol. The number of hydrogen-bond donors (Lipinski definition) is 1. The number of nitrogens with one attached hydrogen (secondary N) is 1. The fraction of sp³-hybridized carbons (Fsp3) is 0.529. The molecular weight excluding hydrogens is 280 g/mol. The van der Waals surface area contributed by atoms with Gasteiger partial charge in [0.1, 0.15) is 6.04 Å². The summed E-state index contributed by atoms with van der Waals surface area (Å²) in [5.41, 5.74) is 1.05. The van der Waals surface area contributed by atoms with E-state index in [2.05, 4.69) is 5.32 Å². The fourth-order valence-corrected chi connectivity index (χ4v) is 2.73. The number of amides is 2. The van der Waals surface area contributed by atoms with Crippen molar-refractivity contribution in [1.29, 1.82) is 0 Å². The number of carbonyl (C=O) groups excluding carboxylic acids is 2. The molecule has 1 aromatic rings. The van der Waals surface area contributed by atoms with Gasteiger partial charge in [0.05, 0.1) is 6.61 Å². The van der Waals surface area contributed by atoms with Crippen molar-refractivity contribution in [1.82, 2.24) is 10.2 Å². The number of hydrogen-bond acceptors (Lipinski definition) is 3. The van der Waals surface area contributed by atoms with Gasteiger partial charge < -0.3 is 15.0 Å². The highest BCUT2D eigenvalue weighted by molar-refractivity contribution is 5.88. The fourth-order valence-electron chi connectivity index (χ4n) is 2.73. The maximum absolute atomic E-state index is 12.4. The lowest BCUT2D eigenvalue weighted by Crippen LogP contribution is -2.48. The number of benzene rings is 1. The lowest BCUT2D eigenvalue weighted by molar-refractivity contribution is -0.140. The summed E-state index contributed by atoms with van der Waals surface area (Å²) in [6, 6.07) is 9.43. The Morgan fingerprint density at radius 3 is 2.82 bits per heavy atom. The summed E-state index contributed by atoms with van der Waals surface area (Å²) >= 11 is 0. The van der Waals surface area contributed by atoms with Crippen LogP contribution in [0.2, 0.25) is 0 Å². The zero-order valence-electron chi connectivity index (χ0n) is 13.1. The molecule has 2 amide bonds. The van der Waals surface area contributed by atoms with Crippen molar-refractivity contribution in [3.63, 3.8) is 0 Å². The van der Waals surface area contributed by atoms with Crippen LogP contribution >= 0.6 is 0 Å². The molecule has 120 valence electrons. The number of nitrogens with zero attached hydrogens (tertiary/aromatic N) is 1. The quantitative estimate of drug-likeness (QED) is 0.814. The second kappa shape index (κ2) is 8.54. The van der Waals surface area contributed by atoms with Gasteiger partial charge in [-0.15, -0.1) is 0 Å². The molecule has 1 saturated heterocycles. The summed E-state index contributed by atoms with van der Waals surface area (Å²) in [5, 5.41) is 2.86. The summed E-state index contributed by atoms with van der Waals surface area (Å²) < 4.78 is 4.95. The molecule has 0 radical (unpaired) electrons. The third-order valence-electron chi connectivity index (χ3n) is 3.92. The molecule has 2 rings (SSSR count). The second-order valence-corrected chi connectivity index (χ2v) is 5.55. The largest absolute Gasteiger partial charge is 0.383 e. The Hall–Kier alpha value is -1.88. The zero-order chi connectivity index (χ0) is 15.8. The molecule has 5 nitrogen and oxygen atoms in total. The molecule has 0 saturated carbocycles. The lowest BCUT2D eigenvalue weighted by atomic mass is 10.1. The molecule has 1 fully saturated rings. The molecule has 1 N–H and O–H groups in total. The third kappa shape index (κ3) is 4.56. The Labute approximate surface area is 131 Å². The van der Waals surface area contributed by atoms with Gasteiger partial charge in [-0.3, -0.25) is 9.59 Å². The normalized spacial score (nSPS) is 18.9. The monoisotopic (exact) mass is 304 g/mol. The van der Waals surface area contributed by atoms with Crippen molar-refractivity contribution >= 4 is 11.8 Å². The van der Waals surface area contributed by atoms with Crippen LogP contribution in [0.5, 0.6) is 0 Å². The van der Waals surface area contributed by atoms with Gasteiger partial charge in [-0.1, -0.05) is 36.8 Å². The highest BCUT2D eigenvalue weighted by Crippen LogP contribution is 2.20. The van der Waals surface area contributed by atoms with E-state index in [0.717, 1.165) is 24.8 Å². The molecule has 0 spiro atoms. The van der Waals surface area contributed by atoms with E-state index < -0.39 is 0 Å². The molecule has 1 aromatic carbocycles. The Morgan fingerprint density at radius 1 is 1.32 bits per heavy atom. The molecule has 1 aliphatic heterocycles. The summed E-state index contributed by atoms with van der Waals surface area (Å²) in [6.45, 7) is 1.44. The molecule has 0 aliphatic carbocycles. The molecular formula is C17H24N2O3. The SMILES string of the molecule is COCCNC(=O)C1CCCCC(=O)N1Cc1ccccc1. The minimum Gasteiger partial charge on any atom is -0.383 e. The van der Waals surface area contributed by atoms with Crippen LogP contribution < -0.4 is 5.32 Å². The standard InChI is InChI=1S/C17H24N2O3/c1-22-12-11-18-17(21)15-9-5-6-10-16(20)19(15)13-14-7-3-2-4-8-14/h2-4,7-8,15H,5-6,9-13H2,1H3,(H,18,21). The van der Waals surface area contributed by atoms with Gasteiger partial charge in [0.2, 0.25) is 11.8 Å². The van der Waals surface area contributed by atoms with E-state index >= 15 is 0 Å². The lowest BCUT2D eigenvalue weighted by Gasteiger charge is -2.29. The topological polar surface area (TPSA) is 58.6 Å². The van der Waals surface area contributed by atoms with E-state index in [9.17, 15) is 9.59 Å². The first kappa shape index (κ1) is 16.5. The zero-order valence-corrected chi connectivity index (χ0v) is 13.1. The molecule has 5 heteroatoms. The Balaban J connectivity index is 2.08. The number of rotatable bonds is 6. The molecule has 22 heavy (non-hydrogen) atoms. The highest BCUT2D eigenvalue weighted by Gasteiger charge is 2.31. The Morgan fingerprint density at radius 2 is 2.09 bits per heavy atom. The van der Waals surface area contributed by atoms with Gasteiger partial charge >= 0.3 is 0 Å². The average molecular weight is 304 g/mol. The Kier molecular flexibility index (Phi) is 6.40. The van der Waals surface area contributed by atoms with Gasteiger partial charge in [-0.25, -0.2) is 0 Å². The van der Waals surface area contributed by atoms with Crippen LogP contribution in [0.1, 0.15) is 31.2 Å². The van der Waals surface area contributed by atoms with Crippen molar-refractivity contribution in [2.24, 2.45) is 0 Å². The van der Waals surface area contributed by atoms with Gasteiger partial charge in [-0.2, -0.15) is 0 Å². The van der Waals surface area contributed by atoms with Crippen molar-refractivity contribution in [3.8, 4) is 0 Å². The summed E-state index contributed by atoms with van der Waals surface area (Å²) in [4.78, 5) is 26.5. The first-order chi connectivity index (χ1) is 10.7. The van der Waals surface area contributed by atoms with E-state index in [1.807, 2.05) is 30.3 Å². The van der Waals surface area contributed by atoms with Crippen LogP contribution in [0.15, 0.2) is 30.3 Å². The van der Waals surface area contributed by atoms with E-state index in [0.29, 0.717) is 26.1 Å². The van der Waals surface area contributed by atoms with E-state index in [-0.39, 0.29) is 17.9 Å². The van der Waals surface area contributed by atoms with Crippen LogP contribution in [0.4, 0.5) is 0 Å². The third-order valence-corrected chi connectivity index (χ3v) is 3.92. The first-order valence-corrected chi connectivity index (χ1v) is 7.82. The van der Waals surface area contributed by atoms with E-state index in [4.69, 9.17) is 4.74 Å². The van der Waals surface area contributed by atoms with Gasteiger partial charge in [0.15, 0.2) is 0 Å². The number of likely N-dealkylation sites (tertiary alicyclic amines) is 1. The van der Waals surface area contributed by atoms with Crippen LogP contribution in [-0.2, 0) is 20.9 Å². The van der Waals surface area contributed by atoms with Crippen molar-refractivity contribution in [2.75, 3.05) is 20.3 Å². The van der Waals surface area contributed by atoms with E-state index in [1.165, 1.54) is 0 Å². The predicted octanol–water partition coefficient (Wildman–Crippen LogP) is 1.72. The molecule has 0 aromatic heterocycles. The minimum absolute atomic E-state index is 0.0632. The number of methoxy groups -OCH3 is 1. The van der Waals surface area contributed by atoms with Gasteiger partial charge in [0.25, 0.3) is 0 Å². The summed E-state index contributed by atoms with van der Waals surface area (Å²) in [7, 11) is 1.60. The van der Waals surface area contributed by atoms with Crippen LogP contribution in [0.25, 0.3) is 0 Å². The van der Waals surface area contributed by atoms with Gasteiger partial charge in [-0.05, 0) is 18.4 Å². The van der Waals surface area contributed by atoms with Crippen LogP contribution in [0.3, 0.4) is 0 Å². The second-order valence-electron chi connectivity index (χ2n) is 5.55. The van der Waals surface area contributed by atoms with Crippen molar-refractivity contribution in [2.45, 2.75) is 38.3 Å². The van der Waals surface area contributed by atoms with Crippen LogP contribution in [0, 0.1) is 0 Å². The number of carbonyl (C=O) groups is 2. The molecule has 1 atom stereocenters. The van der Waals surface area contributed by atoms with Gasteiger partial charge in [0, 0.05) is 26.6 Å². The Bertz CT molecular complexity index is 490. The smallest absolute Gasteiger partial charge is 0.242 e. The van der Waals surface area contributed by atoms with Crippen molar-refractivity contribution in [3.05, 3.63) is 35.9 Å². The summed E-state index contributed by atoms with van der Waals surface area (Å²) in [5.74, 6) is -0.0172. The molecule has 1 heterocycles. The first-order valence-electron chi connectivity index (χ1n) is 7.82. The van der Waals surface area contributed by atoms with E-state index in [1.54, 1.807) is 12.0 Å². The minimum atomic E-state index is -0.382. The van der Waals surface area contributed by atoms with Crippen molar-refractivity contribution < 1.29 is 14.3 Å². The average Bonchev–Trinajstić information content (AvgIpc) is 2.71.